The molecule has 0 aliphatic heterocycles. The molecule has 0 spiro atoms. The summed E-state index contributed by atoms with van der Waals surface area (Å²) in [7, 11) is 6.53. The Morgan fingerprint density at radius 2 is 0.872 bits per heavy atom. The van der Waals surface area contributed by atoms with Crippen molar-refractivity contribution < 1.29 is 28.4 Å². The number of hydrogen-bond acceptors (Lipinski definition) is 6. The fraction of sp³-hybridized carbons (Fsp3) is 0.333. The topological polar surface area (TPSA) is 55.4 Å². The van der Waals surface area contributed by atoms with Crippen LogP contribution in [0.4, 0.5) is 0 Å². The Morgan fingerprint density at radius 3 is 1.18 bits per heavy atom. The summed E-state index contributed by atoms with van der Waals surface area (Å²) in [4.78, 5) is 0. The highest BCUT2D eigenvalue weighted by Gasteiger charge is 2.16. The normalized spacial score (nSPS) is 12.1. The summed E-state index contributed by atoms with van der Waals surface area (Å²) >= 11 is 0. The van der Waals surface area contributed by atoms with E-state index in [1.54, 1.807) is 28.4 Å². The van der Waals surface area contributed by atoms with Crippen LogP contribution < -0.4 is 28.4 Å². The van der Waals surface area contributed by atoms with E-state index in [-0.39, 0.29) is 12.2 Å². The molecule has 3 aromatic carbocycles. The molecule has 0 saturated carbocycles. The van der Waals surface area contributed by atoms with Gasteiger partial charge in [-0.25, -0.2) is 0 Å². The molecule has 0 saturated heterocycles. The maximum absolute atomic E-state index is 6.04. The molecular formula is C33H40O6. The zero-order valence-corrected chi connectivity index (χ0v) is 24.2. The molecule has 0 fully saturated rings. The summed E-state index contributed by atoms with van der Waals surface area (Å²) in [6.07, 6.45) is 9.12. The summed E-state index contributed by atoms with van der Waals surface area (Å²) in [6, 6.07) is 16.1. The van der Waals surface area contributed by atoms with E-state index in [2.05, 4.69) is 43.3 Å². The van der Waals surface area contributed by atoms with Gasteiger partial charge in [-0.2, -0.15) is 0 Å². The van der Waals surface area contributed by atoms with Gasteiger partial charge >= 0.3 is 0 Å². The molecule has 1 atom stereocenters. The zero-order valence-electron chi connectivity index (χ0n) is 24.2. The number of rotatable bonds is 13. The Labute approximate surface area is 232 Å². The lowest BCUT2D eigenvalue weighted by Gasteiger charge is -2.18. The van der Waals surface area contributed by atoms with Crippen LogP contribution in [0.15, 0.2) is 48.5 Å². The molecule has 0 amide bonds. The maximum Gasteiger partial charge on any atom is 0.203 e. The second-order valence-electron chi connectivity index (χ2n) is 9.35. The number of hydrogen-bond donors (Lipinski definition) is 0. The predicted molar refractivity (Wildman–Crippen MR) is 160 cm³/mol. The van der Waals surface area contributed by atoms with Crippen LogP contribution >= 0.6 is 0 Å². The Balaban J connectivity index is 1.77. The van der Waals surface area contributed by atoms with Crippen molar-refractivity contribution in [3.05, 3.63) is 70.8 Å². The Morgan fingerprint density at radius 1 is 0.538 bits per heavy atom. The van der Waals surface area contributed by atoms with Gasteiger partial charge in [0.05, 0.1) is 40.6 Å². The molecule has 6 nitrogen and oxygen atoms in total. The fourth-order valence-corrected chi connectivity index (χ4v) is 3.85. The van der Waals surface area contributed by atoms with Crippen molar-refractivity contribution in [2.24, 2.45) is 0 Å². The molecule has 39 heavy (non-hydrogen) atoms. The van der Waals surface area contributed by atoms with Crippen molar-refractivity contribution >= 4 is 24.3 Å². The van der Waals surface area contributed by atoms with E-state index in [1.165, 1.54) is 0 Å². The van der Waals surface area contributed by atoms with Gasteiger partial charge in [-0.3, -0.25) is 0 Å². The molecule has 3 aromatic rings. The average Bonchev–Trinajstić information content (AvgIpc) is 2.95. The summed E-state index contributed by atoms with van der Waals surface area (Å²) in [6.45, 7) is 8.05. The molecule has 0 heterocycles. The van der Waals surface area contributed by atoms with Crippen molar-refractivity contribution in [2.75, 3.05) is 28.4 Å². The summed E-state index contributed by atoms with van der Waals surface area (Å²) in [5.74, 6) is 3.79. The number of ether oxygens (including phenoxy) is 6. The largest absolute Gasteiger partial charge is 0.493 e. The van der Waals surface area contributed by atoms with Crippen molar-refractivity contribution in [2.45, 2.75) is 46.3 Å². The van der Waals surface area contributed by atoms with Crippen LogP contribution in [-0.2, 0) is 0 Å². The third kappa shape index (κ3) is 7.96. The Kier molecular flexibility index (Phi) is 10.7. The molecule has 0 radical (unpaired) electrons. The quantitative estimate of drug-likeness (QED) is 0.208. The van der Waals surface area contributed by atoms with Gasteiger partial charge in [0.2, 0.25) is 11.5 Å². The third-order valence-electron chi connectivity index (χ3n) is 6.09. The van der Waals surface area contributed by atoms with Crippen LogP contribution in [0.5, 0.6) is 34.5 Å². The van der Waals surface area contributed by atoms with E-state index in [4.69, 9.17) is 28.4 Å². The van der Waals surface area contributed by atoms with Crippen LogP contribution in [0.2, 0.25) is 0 Å². The smallest absolute Gasteiger partial charge is 0.203 e. The molecule has 0 aliphatic carbocycles. The van der Waals surface area contributed by atoms with Crippen LogP contribution in [0, 0.1) is 0 Å². The van der Waals surface area contributed by atoms with E-state index in [9.17, 15) is 0 Å². The molecule has 1 unspecified atom stereocenters. The summed E-state index contributed by atoms with van der Waals surface area (Å²) in [5, 5.41) is 0. The number of methoxy groups -OCH3 is 4. The second-order valence-corrected chi connectivity index (χ2v) is 9.35. The van der Waals surface area contributed by atoms with Crippen LogP contribution in [0.3, 0.4) is 0 Å². The summed E-state index contributed by atoms with van der Waals surface area (Å²) in [5.41, 5.74) is 4.05. The van der Waals surface area contributed by atoms with Gasteiger partial charge < -0.3 is 28.4 Å². The number of benzene rings is 3. The van der Waals surface area contributed by atoms with Crippen molar-refractivity contribution in [3.8, 4) is 34.5 Å². The standard InChI is InChI=1S/C33H40O6/c1-9-23(4)39-33-30(36-7)20-27(21-31(33)37-8)17-15-25-12-10-24(11-13-25)14-16-26-18-28(34-5)32(38-22(2)3)29(19-26)35-6/h10-23H,9H2,1-8H3/b16-14+,17-15+. The van der Waals surface area contributed by atoms with Crippen LogP contribution in [0.1, 0.15) is 56.4 Å². The Hall–Kier alpha value is -4.06. The highest BCUT2D eigenvalue weighted by molar-refractivity contribution is 5.75. The van der Waals surface area contributed by atoms with Crippen LogP contribution in [0.25, 0.3) is 24.3 Å². The minimum Gasteiger partial charge on any atom is -0.493 e. The lowest BCUT2D eigenvalue weighted by molar-refractivity contribution is 0.198. The molecule has 6 heteroatoms. The zero-order chi connectivity index (χ0) is 28.4. The molecule has 0 N–H and O–H groups in total. The molecular weight excluding hydrogens is 492 g/mol. The highest BCUT2D eigenvalue weighted by atomic mass is 16.5. The third-order valence-corrected chi connectivity index (χ3v) is 6.09. The fourth-order valence-electron chi connectivity index (χ4n) is 3.85. The molecule has 0 bridgehead atoms. The van der Waals surface area contributed by atoms with E-state index in [1.807, 2.05) is 57.2 Å². The summed E-state index contributed by atoms with van der Waals surface area (Å²) < 4.78 is 34.2. The first kappa shape index (κ1) is 29.5. The molecule has 3 rings (SSSR count). The molecule has 208 valence electrons. The van der Waals surface area contributed by atoms with Gasteiger partial charge in [0.15, 0.2) is 23.0 Å². The van der Waals surface area contributed by atoms with Gasteiger partial charge in [-0.1, -0.05) is 55.5 Å². The lowest BCUT2D eigenvalue weighted by Crippen LogP contribution is -2.11. The van der Waals surface area contributed by atoms with Gasteiger partial charge in [0, 0.05) is 0 Å². The minimum absolute atomic E-state index is 0.00815. The maximum atomic E-state index is 6.04. The lowest BCUT2D eigenvalue weighted by atomic mass is 10.1. The first-order valence-electron chi connectivity index (χ1n) is 13.1. The second kappa shape index (κ2) is 14.2. The molecule has 0 aromatic heterocycles. The van der Waals surface area contributed by atoms with E-state index in [0.717, 1.165) is 28.7 Å². The van der Waals surface area contributed by atoms with Crippen molar-refractivity contribution in [3.63, 3.8) is 0 Å². The first-order chi connectivity index (χ1) is 18.8. The minimum atomic E-state index is 0.00815. The van der Waals surface area contributed by atoms with Gasteiger partial charge in [0.1, 0.15) is 0 Å². The van der Waals surface area contributed by atoms with E-state index < -0.39 is 0 Å². The molecule has 0 aliphatic rings. The van der Waals surface area contributed by atoms with Gasteiger partial charge in [-0.15, -0.1) is 0 Å². The van der Waals surface area contributed by atoms with Crippen molar-refractivity contribution in [1.29, 1.82) is 0 Å². The highest BCUT2D eigenvalue weighted by Crippen LogP contribution is 2.41. The van der Waals surface area contributed by atoms with Gasteiger partial charge in [0.25, 0.3) is 0 Å². The van der Waals surface area contributed by atoms with Crippen LogP contribution in [-0.4, -0.2) is 40.6 Å². The average molecular weight is 533 g/mol. The monoisotopic (exact) mass is 532 g/mol. The SMILES string of the molecule is CCC(C)Oc1c(OC)cc(/C=C/c2ccc(/C=C/c3cc(OC)c(OC(C)C)c(OC)c3)cc2)cc1OC. The first-order valence-corrected chi connectivity index (χ1v) is 13.1. The predicted octanol–water partition coefficient (Wildman–Crippen LogP) is 8.03. The van der Waals surface area contributed by atoms with E-state index >= 15 is 0 Å². The van der Waals surface area contributed by atoms with E-state index in [0.29, 0.717) is 34.5 Å². The van der Waals surface area contributed by atoms with Crippen molar-refractivity contribution in [1.82, 2.24) is 0 Å². The van der Waals surface area contributed by atoms with Gasteiger partial charge in [-0.05, 0) is 73.7 Å². The Bertz CT molecular complexity index is 1220.